The third kappa shape index (κ3) is 1.28. The fourth-order valence-electron chi connectivity index (χ4n) is 0.963. The summed E-state index contributed by atoms with van der Waals surface area (Å²) in [4.78, 5) is 0. The zero-order valence-electron chi connectivity index (χ0n) is 5.37. The SMILES string of the molecule is N#CC1(N)CCS(=O)(=O)C1. The molecule has 0 amide bonds. The van der Waals surface area contributed by atoms with Crippen LogP contribution in [0.5, 0.6) is 0 Å². The van der Waals surface area contributed by atoms with E-state index < -0.39 is 15.4 Å². The maximum atomic E-state index is 10.8. The van der Waals surface area contributed by atoms with E-state index in [4.69, 9.17) is 11.0 Å². The summed E-state index contributed by atoms with van der Waals surface area (Å²) in [6.45, 7) is 0. The average molecular weight is 160 g/mol. The first-order valence-corrected chi connectivity index (χ1v) is 4.70. The van der Waals surface area contributed by atoms with Gasteiger partial charge in [0.05, 0.1) is 17.6 Å². The summed E-state index contributed by atoms with van der Waals surface area (Å²) in [7, 11) is -3.01. The summed E-state index contributed by atoms with van der Waals surface area (Å²) in [6.07, 6.45) is 0.270. The molecule has 0 bridgehead atoms. The van der Waals surface area contributed by atoms with Crippen LogP contribution < -0.4 is 5.73 Å². The van der Waals surface area contributed by atoms with Gasteiger partial charge in [-0.3, -0.25) is 0 Å². The first kappa shape index (κ1) is 7.51. The van der Waals surface area contributed by atoms with Crippen LogP contribution in [0.4, 0.5) is 0 Å². The normalized spacial score (nSPS) is 37.2. The van der Waals surface area contributed by atoms with E-state index in [9.17, 15) is 8.42 Å². The third-order valence-corrected chi connectivity index (χ3v) is 3.34. The molecule has 1 aliphatic rings. The molecule has 0 radical (unpaired) electrons. The van der Waals surface area contributed by atoms with Crippen LogP contribution in [0.3, 0.4) is 0 Å². The van der Waals surface area contributed by atoms with Gasteiger partial charge in [-0.25, -0.2) is 8.42 Å². The van der Waals surface area contributed by atoms with E-state index in [0.717, 1.165) is 0 Å². The molecule has 1 atom stereocenters. The van der Waals surface area contributed by atoms with Crippen LogP contribution >= 0.6 is 0 Å². The highest BCUT2D eigenvalue weighted by molar-refractivity contribution is 7.91. The fraction of sp³-hybridized carbons (Fsp3) is 0.800. The molecule has 56 valence electrons. The standard InChI is InChI=1S/C5H8N2O2S/c6-3-5(7)1-2-10(8,9)4-5/h1-2,4,7H2. The smallest absolute Gasteiger partial charge is 0.153 e. The van der Waals surface area contributed by atoms with Crippen LogP contribution in [0.2, 0.25) is 0 Å². The highest BCUT2D eigenvalue weighted by Gasteiger charge is 2.39. The van der Waals surface area contributed by atoms with Crippen LogP contribution in [-0.2, 0) is 9.84 Å². The Morgan fingerprint density at radius 1 is 1.60 bits per heavy atom. The van der Waals surface area contributed by atoms with Gasteiger partial charge >= 0.3 is 0 Å². The predicted octanol–water partition coefficient (Wildman–Crippen LogP) is -0.974. The summed E-state index contributed by atoms with van der Waals surface area (Å²) in [5, 5.41) is 8.42. The monoisotopic (exact) mass is 160 g/mol. The number of nitriles is 1. The number of hydrogen-bond acceptors (Lipinski definition) is 4. The number of nitrogens with zero attached hydrogens (tertiary/aromatic N) is 1. The van der Waals surface area contributed by atoms with Crippen molar-refractivity contribution in [1.82, 2.24) is 0 Å². The van der Waals surface area contributed by atoms with Crippen LogP contribution in [0.1, 0.15) is 6.42 Å². The number of rotatable bonds is 0. The van der Waals surface area contributed by atoms with Gasteiger partial charge in [0, 0.05) is 0 Å². The predicted molar refractivity (Wildman–Crippen MR) is 35.8 cm³/mol. The highest BCUT2D eigenvalue weighted by Crippen LogP contribution is 2.19. The molecule has 0 aromatic rings. The molecule has 2 N–H and O–H groups in total. The number of nitrogens with two attached hydrogens (primary N) is 1. The molecule has 5 heteroatoms. The Bertz CT molecular complexity index is 277. The molecule has 0 saturated carbocycles. The Morgan fingerprint density at radius 3 is 2.40 bits per heavy atom. The van der Waals surface area contributed by atoms with Crippen molar-refractivity contribution in [2.75, 3.05) is 11.5 Å². The maximum Gasteiger partial charge on any atom is 0.153 e. The third-order valence-electron chi connectivity index (χ3n) is 1.56. The van der Waals surface area contributed by atoms with E-state index in [-0.39, 0.29) is 17.9 Å². The van der Waals surface area contributed by atoms with E-state index in [1.54, 1.807) is 6.07 Å². The molecule has 10 heavy (non-hydrogen) atoms. The molecule has 1 heterocycles. The largest absolute Gasteiger partial charge is 0.313 e. The van der Waals surface area contributed by atoms with Crippen molar-refractivity contribution in [2.45, 2.75) is 12.0 Å². The second kappa shape index (κ2) is 1.94. The van der Waals surface area contributed by atoms with Crippen LogP contribution in [0.25, 0.3) is 0 Å². The summed E-state index contributed by atoms with van der Waals surface area (Å²) >= 11 is 0. The lowest BCUT2D eigenvalue weighted by Gasteiger charge is -2.08. The molecular weight excluding hydrogens is 152 g/mol. The number of sulfone groups is 1. The first-order valence-electron chi connectivity index (χ1n) is 2.88. The molecular formula is C5H8N2O2S. The second-order valence-corrected chi connectivity index (χ2v) is 4.79. The molecule has 4 nitrogen and oxygen atoms in total. The van der Waals surface area contributed by atoms with Gasteiger partial charge in [-0.1, -0.05) is 0 Å². The van der Waals surface area contributed by atoms with Gasteiger partial charge in [-0.2, -0.15) is 5.26 Å². The van der Waals surface area contributed by atoms with Crippen molar-refractivity contribution in [2.24, 2.45) is 5.73 Å². The van der Waals surface area contributed by atoms with Crippen molar-refractivity contribution in [3.8, 4) is 6.07 Å². The summed E-state index contributed by atoms with van der Waals surface area (Å²) in [5.74, 6) is -0.131. The van der Waals surface area contributed by atoms with E-state index in [0.29, 0.717) is 0 Å². The van der Waals surface area contributed by atoms with Crippen molar-refractivity contribution in [1.29, 1.82) is 5.26 Å². The zero-order valence-corrected chi connectivity index (χ0v) is 6.19. The van der Waals surface area contributed by atoms with Crippen LogP contribution in [0, 0.1) is 11.3 Å². The summed E-state index contributed by atoms with van der Waals surface area (Å²) in [5.41, 5.74) is 4.28. The Hall–Kier alpha value is -0.600. The molecule has 0 spiro atoms. The van der Waals surface area contributed by atoms with E-state index in [2.05, 4.69) is 0 Å². The average Bonchev–Trinajstić information content (AvgIpc) is 2.08. The van der Waals surface area contributed by atoms with E-state index in [1.165, 1.54) is 0 Å². The Morgan fingerprint density at radius 2 is 2.20 bits per heavy atom. The minimum absolute atomic E-state index is 0.0526. The topological polar surface area (TPSA) is 83.9 Å². The minimum Gasteiger partial charge on any atom is -0.313 e. The van der Waals surface area contributed by atoms with E-state index in [1.807, 2.05) is 0 Å². The molecule has 1 saturated heterocycles. The lowest BCUT2D eigenvalue weighted by molar-refractivity contribution is 0.592. The van der Waals surface area contributed by atoms with Gasteiger partial charge in [0.2, 0.25) is 0 Å². The molecule has 0 aromatic heterocycles. The van der Waals surface area contributed by atoms with Crippen molar-refractivity contribution < 1.29 is 8.42 Å². The molecule has 0 aromatic carbocycles. The van der Waals surface area contributed by atoms with Crippen molar-refractivity contribution in [3.05, 3.63) is 0 Å². The molecule has 0 aliphatic carbocycles. The van der Waals surface area contributed by atoms with Gasteiger partial charge in [-0.05, 0) is 6.42 Å². The molecule has 1 rings (SSSR count). The van der Waals surface area contributed by atoms with Crippen LogP contribution in [0.15, 0.2) is 0 Å². The fourth-order valence-corrected chi connectivity index (χ4v) is 2.78. The summed E-state index contributed by atoms with van der Waals surface area (Å²) < 4.78 is 21.5. The zero-order chi connectivity index (χ0) is 7.83. The van der Waals surface area contributed by atoms with Crippen molar-refractivity contribution in [3.63, 3.8) is 0 Å². The maximum absolute atomic E-state index is 10.8. The highest BCUT2D eigenvalue weighted by atomic mass is 32.2. The molecule has 1 fully saturated rings. The Labute approximate surface area is 59.6 Å². The Kier molecular flexibility index (Phi) is 1.46. The van der Waals surface area contributed by atoms with Crippen molar-refractivity contribution >= 4 is 9.84 Å². The molecule has 1 unspecified atom stereocenters. The van der Waals surface area contributed by atoms with Gasteiger partial charge in [0.1, 0.15) is 5.54 Å². The van der Waals surface area contributed by atoms with E-state index >= 15 is 0 Å². The lowest BCUT2D eigenvalue weighted by atomic mass is 10.0. The molecule has 1 aliphatic heterocycles. The van der Waals surface area contributed by atoms with Gasteiger partial charge in [0.25, 0.3) is 0 Å². The Balaban J connectivity index is 2.89. The van der Waals surface area contributed by atoms with Gasteiger partial charge in [0.15, 0.2) is 9.84 Å². The van der Waals surface area contributed by atoms with Gasteiger partial charge < -0.3 is 5.73 Å². The first-order chi connectivity index (χ1) is 4.47. The number of hydrogen-bond donors (Lipinski definition) is 1. The minimum atomic E-state index is -3.01. The van der Waals surface area contributed by atoms with Gasteiger partial charge in [-0.15, -0.1) is 0 Å². The second-order valence-electron chi connectivity index (χ2n) is 2.61. The quantitative estimate of drug-likeness (QED) is 0.494. The van der Waals surface area contributed by atoms with Crippen LogP contribution in [-0.4, -0.2) is 25.5 Å². The summed E-state index contributed by atoms with van der Waals surface area (Å²) in [6, 6.07) is 1.79. The lowest BCUT2D eigenvalue weighted by Crippen LogP contribution is -2.38.